The fourth-order valence-electron chi connectivity index (χ4n) is 4.81. The van der Waals surface area contributed by atoms with Crippen LogP contribution < -0.4 is 10.6 Å². The van der Waals surface area contributed by atoms with E-state index in [1.807, 2.05) is 0 Å². The van der Waals surface area contributed by atoms with E-state index in [-0.39, 0.29) is 29.7 Å². The third kappa shape index (κ3) is 7.06. The van der Waals surface area contributed by atoms with Crippen LogP contribution in [-0.4, -0.2) is 33.6 Å². The fraction of sp³-hybridized carbons (Fsp3) is 0.267. The lowest BCUT2D eigenvalue weighted by atomic mass is 9.94. The molecule has 0 saturated carbocycles. The zero-order valence-electron chi connectivity index (χ0n) is 23.3. The van der Waals surface area contributed by atoms with Crippen molar-refractivity contribution in [3.63, 3.8) is 0 Å². The third-order valence-electron chi connectivity index (χ3n) is 6.81. The van der Waals surface area contributed by atoms with E-state index in [0.29, 0.717) is 27.9 Å². The molecule has 232 valence electrons. The zero-order chi connectivity index (χ0) is 32.1. The van der Waals surface area contributed by atoms with Gasteiger partial charge in [0.05, 0.1) is 17.3 Å². The quantitative estimate of drug-likeness (QED) is 0.184. The van der Waals surface area contributed by atoms with Crippen LogP contribution in [0.5, 0.6) is 0 Å². The predicted octanol–water partition coefficient (Wildman–Crippen LogP) is 6.65. The SMILES string of the molecule is CC[C@@H](C(=O)N[C@@H](Cc1cc(F)cc(F)c1)c1ncccc1-c1ccc(F)c(C(=O)NC)c1)n1nc(C(F)F)cc1C(F)F. The van der Waals surface area contributed by atoms with Gasteiger partial charge in [0.2, 0.25) is 5.91 Å². The van der Waals surface area contributed by atoms with Gasteiger partial charge in [-0.15, -0.1) is 0 Å². The molecule has 4 aromatic rings. The minimum absolute atomic E-state index is 0.0925. The first-order chi connectivity index (χ1) is 20.9. The molecule has 0 saturated heterocycles. The van der Waals surface area contributed by atoms with Crippen LogP contribution in [0.4, 0.5) is 30.7 Å². The average Bonchev–Trinajstić information content (AvgIpc) is 3.42. The van der Waals surface area contributed by atoms with Gasteiger partial charge in [-0.1, -0.05) is 19.1 Å². The Kier molecular flexibility index (Phi) is 10.0. The van der Waals surface area contributed by atoms with E-state index >= 15 is 0 Å². The number of nitrogens with one attached hydrogen (secondary N) is 2. The summed E-state index contributed by atoms with van der Waals surface area (Å²) >= 11 is 0. The maximum atomic E-state index is 14.4. The van der Waals surface area contributed by atoms with Crippen molar-refractivity contribution < 1.29 is 40.3 Å². The number of rotatable bonds is 11. The largest absolute Gasteiger partial charge is 0.355 e. The van der Waals surface area contributed by atoms with Crippen LogP contribution in [0.3, 0.4) is 0 Å². The third-order valence-corrected chi connectivity index (χ3v) is 6.81. The summed E-state index contributed by atoms with van der Waals surface area (Å²) in [6, 6.07) is 7.35. The van der Waals surface area contributed by atoms with E-state index in [0.717, 1.165) is 18.2 Å². The second-order valence-corrected chi connectivity index (χ2v) is 9.72. The molecule has 4 rings (SSSR count). The molecule has 0 aliphatic heterocycles. The molecule has 0 fully saturated rings. The summed E-state index contributed by atoms with van der Waals surface area (Å²) in [5.74, 6) is -4.23. The Bertz CT molecular complexity index is 1640. The number of halogens is 7. The van der Waals surface area contributed by atoms with Crippen molar-refractivity contribution in [3.05, 3.63) is 106 Å². The van der Waals surface area contributed by atoms with Gasteiger partial charge in [-0.3, -0.25) is 19.3 Å². The summed E-state index contributed by atoms with van der Waals surface area (Å²) in [6.45, 7) is 1.46. The van der Waals surface area contributed by atoms with Crippen LogP contribution in [0.25, 0.3) is 11.1 Å². The molecule has 0 unspecified atom stereocenters. The Morgan fingerprint density at radius 3 is 2.25 bits per heavy atom. The summed E-state index contributed by atoms with van der Waals surface area (Å²) in [4.78, 5) is 30.2. The number of amides is 2. The smallest absolute Gasteiger partial charge is 0.282 e. The van der Waals surface area contributed by atoms with Crippen molar-refractivity contribution in [1.29, 1.82) is 0 Å². The molecule has 2 N–H and O–H groups in total. The molecule has 0 spiro atoms. The van der Waals surface area contributed by atoms with E-state index in [9.17, 15) is 40.3 Å². The van der Waals surface area contributed by atoms with Crippen molar-refractivity contribution in [3.8, 4) is 11.1 Å². The molecule has 2 aromatic carbocycles. The van der Waals surface area contributed by atoms with Crippen LogP contribution in [0.1, 0.15) is 71.3 Å². The Hall–Kier alpha value is -4.75. The average molecular weight is 622 g/mol. The Morgan fingerprint density at radius 1 is 0.932 bits per heavy atom. The highest BCUT2D eigenvalue weighted by Gasteiger charge is 2.31. The topological polar surface area (TPSA) is 88.9 Å². The van der Waals surface area contributed by atoms with E-state index < -0.39 is 65.6 Å². The van der Waals surface area contributed by atoms with Gasteiger partial charge < -0.3 is 10.6 Å². The van der Waals surface area contributed by atoms with Gasteiger partial charge in [-0.25, -0.2) is 30.7 Å². The van der Waals surface area contributed by atoms with Gasteiger partial charge in [0.25, 0.3) is 18.8 Å². The monoisotopic (exact) mass is 621 g/mol. The number of nitrogens with zero attached hydrogens (tertiary/aromatic N) is 3. The number of carbonyl (C=O) groups excluding carboxylic acids is 2. The second-order valence-electron chi connectivity index (χ2n) is 9.72. The summed E-state index contributed by atoms with van der Waals surface area (Å²) in [7, 11) is 1.32. The molecule has 0 aliphatic carbocycles. The van der Waals surface area contributed by atoms with Gasteiger partial charge >= 0.3 is 0 Å². The molecule has 0 aliphatic rings. The lowest BCUT2D eigenvalue weighted by Crippen LogP contribution is -2.37. The first-order valence-electron chi connectivity index (χ1n) is 13.3. The zero-order valence-corrected chi connectivity index (χ0v) is 23.3. The van der Waals surface area contributed by atoms with E-state index in [1.165, 1.54) is 38.4 Å². The van der Waals surface area contributed by atoms with Crippen LogP contribution in [0.2, 0.25) is 0 Å². The maximum absolute atomic E-state index is 14.4. The van der Waals surface area contributed by atoms with Gasteiger partial charge in [-0.2, -0.15) is 5.10 Å². The van der Waals surface area contributed by atoms with Gasteiger partial charge in [0.1, 0.15) is 34.9 Å². The minimum atomic E-state index is -3.22. The van der Waals surface area contributed by atoms with Crippen molar-refractivity contribution in [2.75, 3.05) is 7.05 Å². The number of benzene rings is 2. The number of alkyl halides is 4. The first kappa shape index (κ1) is 32.2. The first-order valence-corrected chi connectivity index (χ1v) is 13.3. The van der Waals surface area contributed by atoms with Crippen molar-refractivity contribution in [1.82, 2.24) is 25.4 Å². The molecule has 44 heavy (non-hydrogen) atoms. The maximum Gasteiger partial charge on any atom is 0.282 e. The van der Waals surface area contributed by atoms with Crippen LogP contribution in [0, 0.1) is 17.5 Å². The molecule has 2 heterocycles. The lowest BCUT2D eigenvalue weighted by Gasteiger charge is -2.25. The second kappa shape index (κ2) is 13.7. The van der Waals surface area contributed by atoms with Crippen molar-refractivity contribution in [2.45, 2.75) is 44.7 Å². The molecule has 0 radical (unpaired) electrons. The summed E-state index contributed by atoms with van der Waals surface area (Å²) < 4.78 is 97.4. The van der Waals surface area contributed by atoms with Crippen LogP contribution in [0.15, 0.2) is 60.8 Å². The summed E-state index contributed by atoms with van der Waals surface area (Å²) in [5, 5.41) is 8.54. The highest BCUT2D eigenvalue weighted by atomic mass is 19.3. The van der Waals surface area contributed by atoms with Crippen LogP contribution in [-0.2, 0) is 11.2 Å². The number of carbonyl (C=O) groups is 2. The van der Waals surface area contributed by atoms with E-state index in [2.05, 4.69) is 20.7 Å². The molecular formula is C30H26F7N5O2. The standard InChI is InChI=1S/C30H26F7N5O2/c1-3-24(42-25(28(36)37)14-23(41-42)27(34)35)30(44)40-22(11-15-9-17(31)13-18(32)10-15)26-19(5-4-8-39-26)16-6-7-21(33)20(12-16)29(43)38-2/h4-10,12-14,22,24,27-28H,3,11H2,1-2H3,(H,38,43)(H,40,44)/t22-,24-/m0/s1. The number of pyridine rings is 1. The molecule has 7 nitrogen and oxygen atoms in total. The summed E-state index contributed by atoms with van der Waals surface area (Å²) in [6.07, 6.45) is -5.43. The summed E-state index contributed by atoms with van der Waals surface area (Å²) in [5.41, 5.74) is -1.29. The Labute approximate surface area is 247 Å². The minimum Gasteiger partial charge on any atom is -0.355 e. The molecule has 2 atom stereocenters. The predicted molar refractivity (Wildman–Crippen MR) is 145 cm³/mol. The highest BCUT2D eigenvalue weighted by Crippen LogP contribution is 2.32. The van der Waals surface area contributed by atoms with Gasteiger partial charge in [0.15, 0.2) is 0 Å². The number of aromatic nitrogens is 3. The van der Waals surface area contributed by atoms with Crippen molar-refractivity contribution >= 4 is 11.8 Å². The normalized spacial score (nSPS) is 12.8. The highest BCUT2D eigenvalue weighted by molar-refractivity contribution is 5.95. The van der Waals surface area contributed by atoms with Gasteiger partial charge in [-0.05, 0) is 60.4 Å². The number of hydrogen-bond donors (Lipinski definition) is 2. The Morgan fingerprint density at radius 2 is 1.64 bits per heavy atom. The molecule has 0 bridgehead atoms. The van der Waals surface area contributed by atoms with Crippen molar-refractivity contribution in [2.24, 2.45) is 0 Å². The van der Waals surface area contributed by atoms with E-state index in [4.69, 9.17) is 0 Å². The molecule has 14 heteroatoms. The Balaban J connectivity index is 1.81. The van der Waals surface area contributed by atoms with E-state index in [1.54, 1.807) is 6.07 Å². The number of hydrogen-bond acceptors (Lipinski definition) is 4. The van der Waals surface area contributed by atoms with Crippen LogP contribution >= 0.6 is 0 Å². The van der Waals surface area contributed by atoms with Gasteiger partial charge in [0, 0.05) is 24.9 Å². The fourth-order valence-corrected chi connectivity index (χ4v) is 4.81. The molecule has 2 amide bonds. The lowest BCUT2D eigenvalue weighted by molar-refractivity contribution is -0.125. The molecular weight excluding hydrogens is 595 g/mol. The molecule has 2 aromatic heterocycles.